The monoisotopic (exact) mass is 458 g/mol. The summed E-state index contributed by atoms with van der Waals surface area (Å²) in [6.07, 6.45) is 3.61. The van der Waals surface area contributed by atoms with Crippen molar-refractivity contribution in [3.8, 4) is 22.4 Å². The Morgan fingerprint density at radius 1 is 0.939 bits per heavy atom. The van der Waals surface area contributed by atoms with E-state index >= 15 is 0 Å². The van der Waals surface area contributed by atoms with Crippen LogP contribution >= 0.6 is 11.6 Å². The molecule has 3 aromatic heterocycles. The minimum Gasteiger partial charge on any atom is -0.378 e. The molecule has 0 aliphatic carbocycles. The van der Waals surface area contributed by atoms with Crippen molar-refractivity contribution in [3.63, 3.8) is 0 Å². The molecule has 1 N–H and O–H groups in total. The second kappa shape index (κ2) is 8.14. The van der Waals surface area contributed by atoms with Crippen molar-refractivity contribution in [1.29, 1.82) is 0 Å². The molecule has 0 spiro atoms. The van der Waals surface area contributed by atoms with Gasteiger partial charge in [0.05, 0.1) is 23.8 Å². The molecule has 4 heterocycles. The van der Waals surface area contributed by atoms with Gasteiger partial charge in [-0.05, 0) is 60.2 Å². The fraction of sp³-hybridized carbons (Fsp3) is 0.154. The van der Waals surface area contributed by atoms with Crippen molar-refractivity contribution in [2.45, 2.75) is 0 Å². The van der Waals surface area contributed by atoms with Gasteiger partial charge in [0, 0.05) is 58.6 Å². The molecule has 0 amide bonds. The molecule has 5 nitrogen and oxygen atoms in total. The Balaban J connectivity index is 1.39. The number of aromatic amines is 1. The van der Waals surface area contributed by atoms with Gasteiger partial charge in [-0.15, -0.1) is 0 Å². The fourth-order valence-electron chi connectivity index (χ4n) is 4.39. The summed E-state index contributed by atoms with van der Waals surface area (Å²) < 4.78 is 19.4. The first-order valence-corrected chi connectivity index (χ1v) is 11.2. The maximum atomic E-state index is 13.9. The Morgan fingerprint density at radius 2 is 1.82 bits per heavy atom. The normalized spacial score (nSPS) is 14.3. The molecular weight excluding hydrogens is 439 g/mol. The topological polar surface area (TPSA) is 54.0 Å². The minimum absolute atomic E-state index is 0.300. The Kier molecular flexibility index (Phi) is 4.97. The molecule has 0 saturated carbocycles. The van der Waals surface area contributed by atoms with Gasteiger partial charge >= 0.3 is 0 Å². The lowest BCUT2D eigenvalue weighted by Crippen LogP contribution is -2.36. The molecule has 0 atom stereocenters. The number of morpholine rings is 1. The van der Waals surface area contributed by atoms with E-state index in [4.69, 9.17) is 16.3 Å². The Morgan fingerprint density at radius 3 is 2.64 bits per heavy atom. The number of ether oxygens (including phenoxy) is 1. The number of rotatable bonds is 3. The van der Waals surface area contributed by atoms with E-state index in [2.05, 4.69) is 32.0 Å². The fourth-order valence-corrected chi connectivity index (χ4v) is 4.66. The van der Waals surface area contributed by atoms with Gasteiger partial charge in [0.1, 0.15) is 11.6 Å². The molecule has 164 valence electrons. The molecule has 33 heavy (non-hydrogen) atoms. The van der Waals surface area contributed by atoms with Crippen molar-refractivity contribution in [2.75, 3.05) is 31.2 Å². The lowest BCUT2D eigenvalue weighted by Gasteiger charge is -2.27. The van der Waals surface area contributed by atoms with E-state index in [1.54, 1.807) is 12.3 Å². The lowest BCUT2D eigenvalue weighted by molar-refractivity contribution is 0.122. The van der Waals surface area contributed by atoms with Crippen LogP contribution in [0.25, 0.3) is 44.2 Å². The van der Waals surface area contributed by atoms with E-state index in [9.17, 15) is 4.39 Å². The van der Waals surface area contributed by atoms with E-state index in [0.717, 1.165) is 76.3 Å². The number of nitrogens with one attached hydrogen (secondary N) is 1. The van der Waals surface area contributed by atoms with Crippen LogP contribution in [-0.2, 0) is 4.74 Å². The summed E-state index contributed by atoms with van der Waals surface area (Å²) in [5, 5.41) is 2.34. The average molecular weight is 459 g/mol. The molecule has 1 aliphatic rings. The molecule has 2 aromatic carbocycles. The van der Waals surface area contributed by atoms with Gasteiger partial charge in [0.15, 0.2) is 0 Å². The van der Waals surface area contributed by atoms with Crippen molar-refractivity contribution >= 4 is 39.2 Å². The maximum absolute atomic E-state index is 13.9. The number of H-pyrrole nitrogens is 1. The third-order valence-electron chi connectivity index (χ3n) is 6.10. The summed E-state index contributed by atoms with van der Waals surface area (Å²) in [6, 6.07) is 16.6. The Bertz CT molecular complexity index is 1480. The molecule has 6 rings (SSSR count). The third-order valence-corrected chi connectivity index (χ3v) is 6.41. The van der Waals surface area contributed by atoms with Gasteiger partial charge in [0.2, 0.25) is 0 Å². The largest absolute Gasteiger partial charge is 0.378 e. The predicted molar refractivity (Wildman–Crippen MR) is 130 cm³/mol. The van der Waals surface area contributed by atoms with Gasteiger partial charge in [-0.2, -0.15) is 0 Å². The second-order valence-electron chi connectivity index (χ2n) is 8.13. The number of pyridine rings is 2. The van der Waals surface area contributed by atoms with E-state index in [1.807, 2.05) is 30.5 Å². The molecule has 1 aliphatic heterocycles. The molecule has 0 bridgehead atoms. The van der Waals surface area contributed by atoms with Crippen LogP contribution in [0.1, 0.15) is 0 Å². The second-order valence-corrected chi connectivity index (χ2v) is 8.53. The van der Waals surface area contributed by atoms with Crippen LogP contribution in [0.15, 0.2) is 67.0 Å². The van der Waals surface area contributed by atoms with E-state index < -0.39 is 0 Å². The van der Waals surface area contributed by atoms with Crippen molar-refractivity contribution in [1.82, 2.24) is 15.0 Å². The number of nitrogens with zero attached hydrogens (tertiary/aromatic N) is 3. The SMILES string of the molecule is Fc1ccc2nccc(-c3cc4cc(-c5ccc(N6CCOCC6)nc5)[nH]c4cc3Cl)c2c1. The molecule has 0 unspecified atom stereocenters. The average Bonchev–Trinajstić information content (AvgIpc) is 3.26. The summed E-state index contributed by atoms with van der Waals surface area (Å²) in [6.45, 7) is 3.17. The molecule has 1 saturated heterocycles. The zero-order chi connectivity index (χ0) is 22.4. The van der Waals surface area contributed by atoms with Gasteiger partial charge in [-0.25, -0.2) is 9.37 Å². The highest BCUT2D eigenvalue weighted by Crippen LogP contribution is 2.37. The van der Waals surface area contributed by atoms with E-state index in [1.165, 1.54) is 12.1 Å². The highest BCUT2D eigenvalue weighted by atomic mass is 35.5. The van der Waals surface area contributed by atoms with Gasteiger partial charge in [0.25, 0.3) is 0 Å². The summed E-state index contributed by atoms with van der Waals surface area (Å²) in [5.41, 5.74) is 5.31. The highest BCUT2D eigenvalue weighted by Gasteiger charge is 2.15. The molecule has 7 heteroatoms. The standard InChI is InChI=1S/C26H20ClFN4O/c27-22-14-25-17(11-20(22)19-5-6-29-23-3-2-18(28)13-21(19)23)12-24(31-25)16-1-4-26(30-15-16)32-7-9-33-10-8-32/h1-6,11-15,31H,7-10H2. The number of hydrogen-bond donors (Lipinski definition) is 1. The van der Waals surface area contributed by atoms with Crippen LogP contribution in [0.2, 0.25) is 5.02 Å². The number of fused-ring (bicyclic) bond motifs is 2. The number of anilines is 1. The van der Waals surface area contributed by atoms with E-state index in [0.29, 0.717) is 5.02 Å². The molecular formula is C26H20ClFN4O. The third kappa shape index (κ3) is 3.71. The van der Waals surface area contributed by atoms with Gasteiger partial charge < -0.3 is 14.6 Å². The van der Waals surface area contributed by atoms with Crippen molar-refractivity contribution < 1.29 is 9.13 Å². The molecule has 0 radical (unpaired) electrons. The van der Waals surface area contributed by atoms with Crippen LogP contribution in [0, 0.1) is 5.82 Å². The van der Waals surface area contributed by atoms with Crippen LogP contribution in [0.3, 0.4) is 0 Å². The quantitative estimate of drug-likeness (QED) is 0.356. The zero-order valence-corrected chi connectivity index (χ0v) is 18.4. The van der Waals surface area contributed by atoms with Gasteiger partial charge in [-0.3, -0.25) is 4.98 Å². The zero-order valence-electron chi connectivity index (χ0n) is 17.7. The summed E-state index contributed by atoms with van der Waals surface area (Å²) in [7, 11) is 0. The Hall–Kier alpha value is -3.48. The molecule has 1 fully saturated rings. The predicted octanol–water partition coefficient (Wildman–Crippen LogP) is 6.07. The van der Waals surface area contributed by atoms with Crippen LogP contribution in [0.5, 0.6) is 0 Å². The number of halogens is 2. The maximum Gasteiger partial charge on any atom is 0.128 e. The Labute approximate surface area is 194 Å². The summed E-state index contributed by atoms with van der Waals surface area (Å²) in [5.74, 6) is 0.659. The van der Waals surface area contributed by atoms with Crippen LogP contribution in [0.4, 0.5) is 10.2 Å². The first-order valence-electron chi connectivity index (χ1n) is 10.8. The smallest absolute Gasteiger partial charge is 0.128 e. The van der Waals surface area contributed by atoms with Crippen molar-refractivity contribution in [3.05, 3.63) is 77.8 Å². The summed E-state index contributed by atoms with van der Waals surface area (Å²) in [4.78, 5) is 14.7. The summed E-state index contributed by atoms with van der Waals surface area (Å²) >= 11 is 6.68. The highest BCUT2D eigenvalue weighted by molar-refractivity contribution is 6.34. The van der Waals surface area contributed by atoms with Crippen LogP contribution in [-0.4, -0.2) is 41.3 Å². The van der Waals surface area contributed by atoms with Crippen LogP contribution < -0.4 is 4.90 Å². The lowest BCUT2D eigenvalue weighted by atomic mass is 10.00. The minimum atomic E-state index is -0.300. The van der Waals surface area contributed by atoms with E-state index in [-0.39, 0.29) is 5.82 Å². The first kappa shape index (κ1) is 20.1. The molecule has 5 aromatic rings. The van der Waals surface area contributed by atoms with Gasteiger partial charge in [-0.1, -0.05) is 11.6 Å². The number of hydrogen-bond acceptors (Lipinski definition) is 4. The first-order chi connectivity index (χ1) is 16.2. The van der Waals surface area contributed by atoms with Crippen molar-refractivity contribution in [2.24, 2.45) is 0 Å². The number of benzene rings is 2. The number of aromatic nitrogens is 3.